The third kappa shape index (κ3) is 2.76. The molecule has 1 aromatic heterocycles. The van der Waals surface area contributed by atoms with Gasteiger partial charge in [0.1, 0.15) is 6.07 Å². The normalized spacial score (nSPS) is 9.21. The van der Waals surface area contributed by atoms with Gasteiger partial charge >= 0.3 is 0 Å². The van der Waals surface area contributed by atoms with Crippen LogP contribution in [-0.2, 0) is 0 Å². The topological polar surface area (TPSA) is 91.8 Å². The first-order valence-corrected chi connectivity index (χ1v) is 5.25. The van der Waals surface area contributed by atoms with Gasteiger partial charge in [0.2, 0.25) is 5.88 Å². The summed E-state index contributed by atoms with van der Waals surface area (Å²) >= 11 is 0. The van der Waals surface area contributed by atoms with Crippen LogP contribution in [-0.4, -0.2) is 17.1 Å². The van der Waals surface area contributed by atoms with E-state index in [0.29, 0.717) is 17.1 Å². The molecule has 0 fully saturated rings. The Morgan fingerprint density at radius 2 is 1.89 bits per heavy atom. The van der Waals surface area contributed by atoms with Gasteiger partial charge in [-0.15, -0.1) is 0 Å². The van der Waals surface area contributed by atoms with Crippen molar-refractivity contribution in [2.45, 2.75) is 0 Å². The van der Waals surface area contributed by atoms with E-state index in [1.165, 1.54) is 19.5 Å². The van der Waals surface area contributed by atoms with E-state index >= 15 is 0 Å². The SMILES string of the molecule is COc1cc(C#N)ccc1Oc1cnc(C#N)cn1. The number of hydrogen-bond donors (Lipinski definition) is 0. The highest BCUT2D eigenvalue weighted by Gasteiger charge is 2.08. The van der Waals surface area contributed by atoms with Gasteiger partial charge in [0.05, 0.1) is 31.1 Å². The van der Waals surface area contributed by atoms with E-state index in [2.05, 4.69) is 9.97 Å². The van der Waals surface area contributed by atoms with Gasteiger partial charge in [0.25, 0.3) is 0 Å². The molecule has 0 radical (unpaired) electrons. The summed E-state index contributed by atoms with van der Waals surface area (Å²) in [4.78, 5) is 7.78. The summed E-state index contributed by atoms with van der Waals surface area (Å²) in [6.45, 7) is 0. The molecule has 92 valence electrons. The lowest BCUT2D eigenvalue weighted by molar-refractivity contribution is 0.373. The molecule has 0 unspecified atom stereocenters. The number of ether oxygens (including phenoxy) is 2. The lowest BCUT2D eigenvalue weighted by Gasteiger charge is -2.09. The summed E-state index contributed by atoms with van der Waals surface area (Å²) < 4.78 is 10.6. The maximum Gasteiger partial charge on any atom is 0.238 e. The van der Waals surface area contributed by atoms with E-state index in [-0.39, 0.29) is 11.6 Å². The van der Waals surface area contributed by atoms with Gasteiger partial charge in [-0.1, -0.05) is 0 Å². The summed E-state index contributed by atoms with van der Waals surface area (Å²) in [5, 5.41) is 17.4. The molecule has 0 bridgehead atoms. The molecule has 1 heterocycles. The van der Waals surface area contributed by atoms with Crippen LogP contribution in [0.15, 0.2) is 30.6 Å². The van der Waals surface area contributed by atoms with Crippen LogP contribution in [0.4, 0.5) is 0 Å². The van der Waals surface area contributed by atoms with E-state index in [0.717, 1.165) is 0 Å². The number of nitriles is 2. The molecule has 0 spiro atoms. The van der Waals surface area contributed by atoms with Gasteiger partial charge in [-0.05, 0) is 12.1 Å². The van der Waals surface area contributed by atoms with E-state index in [4.69, 9.17) is 20.0 Å². The zero-order valence-electron chi connectivity index (χ0n) is 9.99. The summed E-state index contributed by atoms with van der Waals surface area (Å²) in [5.41, 5.74) is 0.675. The smallest absolute Gasteiger partial charge is 0.238 e. The quantitative estimate of drug-likeness (QED) is 0.829. The van der Waals surface area contributed by atoms with Crippen molar-refractivity contribution >= 4 is 0 Å². The Morgan fingerprint density at radius 3 is 2.47 bits per heavy atom. The van der Waals surface area contributed by atoms with Crippen LogP contribution in [0.25, 0.3) is 0 Å². The molecular weight excluding hydrogens is 244 g/mol. The highest BCUT2D eigenvalue weighted by molar-refractivity contribution is 5.47. The van der Waals surface area contributed by atoms with Crippen molar-refractivity contribution in [3.8, 4) is 29.5 Å². The summed E-state index contributed by atoms with van der Waals surface area (Å²) in [7, 11) is 1.48. The highest BCUT2D eigenvalue weighted by Crippen LogP contribution is 2.31. The first kappa shape index (κ1) is 12.3. The third-order valence-corrected chi connectivity index (χ3v) is 2.25. The van der Waals surface area contributed by atoms with Crippen molar-refractivity contribution < 1.29 is 9.47 Å². The van der Waals surface area contributed by atoms with Crippen LogP contribution in [0.2, 0.25) is 0 Å². The van der Waals surface area contributed by atoms with Crippen molar-refractivity contribution in [1.82, 2.24) is 9.97 Å². The minimum atomic E-state index is 0.208. The Bertz CT molecular complexity index is 669. The predicted molar refractivity (Wildman–Crippen MR) is 64.5 cm³/mol. The van der Waals surface area contributed by atoms with Crippen molar-refractivity contribution in [1.29, 1.82) is 10.5 Å². The molecule has 0 amide bonds. The van der Waals surface area contributed by atoms with Gasteiger partial charge < -0.3 is 9.47 Å². The molecule has 0 aliphatic rings. The molecule has 0 aliphatic carbocycles. The molecule has 1 aromatic carbocycles. The Hall–Kier alpha value is -3.12. The Balaban J connectivity index is 2.27. The van der Waals surface area contributed by atoms with Crippen LogP contribution >= 0.6 is 0 Å². The van der Waals surface area contributed by atoms with Crippen LogP contribution in [0.5, 0.6) is 17.4 Å². The van der Waals surface area contributed by atoms with Crippen LogP contribution in [0, 0.1) is 22.7 Å². The zero-order valence-corrected chi connectivity index (χ0v) is 9.99. The molecule has 19 heavy (non-hydrogen) atoms. The van der Waals surface area contributed by atoms with E-state index < -0.39 is 0 Å². The molecule has 0 aliphatic heterocycles. The lowest BCUT2D eigenvalue weighted by atomic mass is 10.2. The second-order valence-corrected chi connectivity index (χ2v) is 3.43. The van der Waals surface area contributed by atoms with Gasteiger partial charge in [-0.2, -0.15) is 10.5 Å². The summed E-state index contributed by atoms with van der Waals surface area (Å²) in [5.74, 6) is 1.08. The number of hydrogen-bond acceptors (Lipinski definition) is 6. The van der Waals surface area contributed by atoms with Gasteiger partial charge in [0, 0.05) is 6.07 Å². The monoisotopic (exact) mass is 252 g/mol. The Kier molecular flexibility index (Phi) is 3.56. The van der Waals surface area contributed by atoms with Gasteiger partial charge in [-0.25, -0.2) is 9.97 Å². The number of benzene rings is 1. The molecule has 2 rings (SSSR count). The first-order chi connectivity index (χ1) is 9.26. The fourth-order valence-electron chi connectivity index (χ4n) is 1.36. The second kappa shape index (κ2) is 5.48. The lowest BCUT2D eigenvalue weighted by Crippen LogP contribution is -1.94. The molecule has 2 aromatic rings. The fourth-order valence-corrected chi connectivity index (χ4v) is 1.36. The van der Waals surface area contributed by atoms with E-state index in [1.807, 2.05) is 12.1 Å². The number of aromatic nitrogens is 2. The first-order valence-electron chi connectivity index (χ1n) is 5.25. The standard InChI is InChI=1S/C13H8N4O2/c1-18-12-4-9(5-14)2-3-11(12)19-13-8-16-10(6-15)7-17-13/h2-4,7-8H,1H3. The average Bonchev–Trinajstić information content (AvgIpc) is 2.48. The molecule has 0 saturated carbocycles. The van der Waals surface area contributed by atoms with Crippen molar-refractivity contribution in [3.63, 3.8) is 0 Å². The Morgan fingerprint density at radius 1 is 1.05 bits per heavy atom. The van der Waals surface area contributed by atoms with Crippen molar-refractivity contribution in [2.24, 2.45) is 0 Å². The van der Waals surface area contributed by atoms with Crippen LogP contribution in [0.1, 0.15) is 11.3 Å². The molecule has 6 heteroatoms. The minimum absolute atomic E-state index is 0.208. The average molecular weight is 252 g/mol. The number of rotatable bonds is 3. The molecule has 6 nitrogen and oxygen atoms in total. The molecule has 0 N–H and O–H groups in total. The maximum atomic E-state index is 8.80. The molecular formula is C13H8N4O2. The van der Waals surface area contributed by atoms with Gasteiger partial charge in [-0.3, -0.25) is 0 Å². The zero-order chi connectivity index (χ0) is 13.7. The predicted octanol–water partition coefficient (Wildman–Crippen LogP) is 2.02. The molecule has 0 saturated heterocycles. The second-order valence-electron chi connectivity index (χ2n) is 3.43. The fraction of sp³-hybridized carbons (Fsp3) is 0.0769. The van der Waals surface area contributed by atoms with Crippen molar-refractivity contribution in [3.05, 3.63) is 41.9 Å². The number of methoxy groups -OCH3 is 1. The maximum absolute atomic E-state index is 8.80. The van der Waals surface area contributed by atoms with Crippen LogP contribution < -0.4 is 9.47 Å². The summed E-state index contributed by atoms with van der Waals surface area (Å²) in [6.07, 6.45) is 2.65. The minimum Gasteiger partial charge on any atom is -0.493 e. The van der Waals surface area contributed by atoms with Crippen molar-refractivity contribution in [2.75, 3.05) is 7.11 Å². The van der Waals surface area contributed by atoms with E-state index in [9.17, 15) is 0 Å². The molecule has 0 atom stereocenters. The number of nitrogens with zero attached hydrogens (tertiary/aromatic N) is 4. The highest BCUT2D eigenvalue weighted by atomic mass is 16.5. The third-order valence-electron chi connectivity index (χ3n) is 2.25. The Labute approximate surface area is 109 Å². The largest absolute Gasteiger partial charge is 0.493 e. The van der Waals surface area contributed by atoms with E-state index in [1.54, 1.807) is 18.2 Å². The van der Waals surface area contributed by atoms with Gasteiger partial charge in [0.15, 0.2) is 17.2 Å². The van der Waals surface area contributed by atoms with Crippen LogP contribution in [0.3, 0.4) is 0 Å². The summed E-state index contributed by atoms with van der Waals surface area (Å²) in [6, 6.07) is 8.65.